The highest BCUT2D eigenvalue weighted by Crippen LogP contribution is 2.28. The maximum Gasteiger partial charge on any atom is 0.349 e. The number of benzene rings is 2. The second kappa shape index (κ2) is 7.00. The van der Waals surface area contributed by atoms with Crippen molar-refractivity contribution in [1.82, 2.24) is 10.2 Å². The summed E-state index contributed by atoms with van der Waals surface area (Å²) < 4.78 is 10.3. The number of ether oxygens (including phenoxy) is 1. The molecule has 0 radical (unpaired) electrons. The van der Waals surface area contributed by atoms with Crippen molar-refractivity contribution in [3.05, 3.63) is 70.6 Å². The molecule has 27 heavy (non-hydrogen) atoms. The molecular formula is C19H13N3O4S. The zero-order valence-electron chi connectivity index (χ0n) is 14.1. The zero-order chi connectivity index (χ0) is 18.8. The molecule has 134 valence electrons. The predicted molar refractivity (Wildman–Crippen MR) is 102 cm³/mol. The first-order valence-corrected chi connectivity index (χ1v) is 8.78. The minimum absolute atomic E-state index is 0.0881. The third-order valence-electron chi connectivity index (χ3n) is 3.87. The number of rotatable bonds is 4. The van der Waals surface area contributed by atoms with Crippen molar-refractivity contribution in [2.24, 2.45) is 0 Å². The van der Waals surface area contributed by atoms with Gasteiger partial charge in [-0.15, -0.1) is 10.2 Å². The van der Waals surface area contributed by atoms with Crippen molar-refractivity contribution in [3.8, 4) is 16.3 Å². The number of carbonyl (C=O) groups excluding carboxylic acids is 1. The fraction of sp³-hybridized carbons (Fsp3) is 0.0526. The molecule has 4 aromatic rings. The van der Waals surface area contributed by atoms with E-state index >= 15 is 0 Å². The minimum atomic E-state index is -0.703. The first-order valence-electron chi connectivity index (χ1n) is 7.96. The maximum absolute atomic E-state index is 12.5. The summed E-state index contributed by atoms with van der Waals surface area (Å²) in [5, 5.41) is 12.2. The number of aromatic nitrogens is 2. The Labute approximate surface area is 157 Å². The number of hydrogen-bond acceptors (Lipinski definition) is 7. The fourth-order valence-corrected chi connectivity index (χ4v) is 3.25. The number of nitrogens with one attached hydrogen (secondary N) is 1. The molecule has 1 amide bonds. The summed E-state index contributed by atoms with van der Waals surface area (Å²) in [6.07, 6.45) is 0. The third-order valence-corrected chi connectivity index (χ3v) is 4.76. The number of anilines is 1. The smallest absolute Gasteiger partial charge is 0.349 e. The molecule has 0 atom stereocenters. The molecule has 0 aliphatic heterocycles. The van der Waals surface area contributed by atoms with Crippen LogP contribution in [0.2, 0.25) is 0 Å². The molecule has 0 aliphatic rings. The molecule has 0 saturated carbocycles. The first kappa shape index (κ1) is 16.9. The molecular weight excluding hydrogens is 366 g/mol. The van der Waals surface area contributed by atoms with Crippen LogP contribution < -0.4 is 15.7 Å². The standard InChI is InChI=1S/C19H13N3O4S/c1-25-13-8-6-11(7-9-13)17-21-22-19(27-17)20-16(23)14-10-12-4-2-3-5-15(12)26-18(14)24/h2-10H,1H3,(H,20,22,23). The van der Waals surface area contributed by atoms with Gasteiger partial charge in [0, 0.05) is 10.9 Å². The lowest BCUT2D eigenvalue weighted by atomic mass is 10.2. The van der Waals surface area contributed by atoms with Gasteiger partial charge in [0.2, 0.25) is 5.13 Å². The van der Waals surface area contributed by atoms with Gasteiger partial charge >= 0.3 is 5.63 Å². The van der Waals surface area contributed by atoms with Crippen molar-refractivity contribution >= 4 is 33.3 Å². The second-order valence-electron chi connectivity index (χ2n) is 5.58. The third kappa shape index (κ3) is 3.42. The summed E-state index contributed by atoms with van der Waals surface area (Å²) in [6.45, 7) is 0. The molecule has 0 bridgehead atoms. The van der Waals surface area contributed by atoms with Crippen LogP contribution in [0.3, 0.4) is 0 Å². The maximum atomic E-state index is 12.5. The van der Waals surface area contributed by atoms with E-state index in [1.807, 2.05) is 24.3 Å². The molecule has 0 unspecified atom stereocenters. The summed E-state index contributed by atoms with van der Waals surface area (Å²) in [6, 6.07) is 15.8. The van der Waals surface area contributed by atoms with Crippen molar-refractivity contribution in [2.45, 2.75) is 0 Å². The van der Waals surface area contributed by atoms with Crippen LogP contribution in [-0.4, -0.2) is 23.2 Å². The molecule has 0 aliphatic carbocycles. The van der Waals surface area contributed by atoms with Gasteiger partial charge in [0.1, 0.15) is 21.9 Å². The van der Waals surface area contributed by atoms with Gasteiger partial charge in [0.25, 0.3) is 5.91 Å². The van der Waals surface area contributed by atoms with E-state index in [1.54, 1.807) is 31.4 Å². The van der Waals surface area contributed by atoms with E-state index in [2.05, 4.69) is 15.5 Å². The summed E-state index contributed by atoms with van der Waals surface area (Å²) in [7, 11) is 1.59. The Balaban J connectivity index is 1.57. The average molecular weight is 379 g/mol. The molecule has 4 rings (SSSR count). The van der Waals surface area contributed by atoms with E-state index in [1.165, 1.54) is 17.4 Å². The van der Waals surface area contributed by atoms with Gasteiger partial charge in [-0.2, -0.15) is 0 Å². The van der Waals surface area contributed by atoms with Crippen LogP contribution in [0.4, 0.5) is 5.13 Å². The summed E-state index contributed by atoms with van der Waals surface area (Å²) in [5.74, 6) is 0.145. The van der Waals surface area contributed by atoms with Gasteiger partial charge in [-0.25, -0.2) is 4.79 Å². The Morgan fingerprint density at radius 2 is 1.89 bits per heavy atom. The monoisotopic (exact) mass is 379 g/mol. The van der Waals surface area contributed by atoms with Crippen LogP contribution in [-0.2, 0) is 0 Å². The van der Waals surface area contributed by atoms with Crippen molar-refractivity contribution in [1.29, 1.82) is 0 Å². The van der Waals surface area contributed by atoms with Crippen LogP contribution in [0.1, 0.15) is 10.4 Å². The second-order valence-corrected chi connectivity index (χ2v) is 6.56. The molecule has 0 spiro atoms. The van der Waals surface area contributed by atoms with Gasteiger partial charge in [-0.3, -0.25) is 10.1 Å². The van der Waals surface area contributed by atoms with Crippen molar-refractivity contribution in [2.75, 3.05) is 12.4 Å². The summed E-state index contributed by atoms with van der Waals surface area (Å²) in [4.78, 5) is 24.5. The zero-order valence-corrected chi connectivity index (χ0v) is 14.9. The van der Waals surface area contributed by atoms with E-state index in [9.17, 15) is 9.59 Å². The van der Waals surface area contributed by atoms with E-state index in [-0.39, 0.29) is 5.56 Å². The van der Waals surface area contributed by atoms with E-state index < -0.39 is 11.5 Å². The molecule has 0 saturated heterocycles. The van der Waals surface area contributed by atoms with Crippen molar-refractivity contribution in [3.63, 3.8) is 0 Å². The lowest BCUT2D eigenvalue weighted by Crippen LogP contribution is -2.20. The Morgan fingerprint density at radius 1 is 1.11 bits per heavy atom. The molecule has 0 fully saturated rings. The van der Waals surface area contributed by atoms with Gasteiger partial charge in [0.15, 0.2) is 0 Å². The molecule has 7 nitrogen and oxygen atoms in total. The van der Waals surface area contributed by atoms with E-state index in [0.29, 0.717) is 21.1 Å². The highest BCUT2D eigenvalue weighted by molar-refractivity contribution is 7.18. The quantitative estimate of drug-likeness (QED) is 0.545. The Hall–Kier alpha value is -3.52. The van der Waals surface area contributed by atoms with Crippen LogP contribution in [0.25, 0.3) is 21.5 Å². The minimum Gasteiger partial charge on any atom is -0.497 e. The van der Waals surface area contributed by atoms with E-state index in [4.69, 9.17) is 9.15 Å². The first-order chi connectivity index (χ1) is 13.1. The normalized spacial score (nSPS) is 10.7. The SMILES string of the molecule is COc1ccc(-c2nnc(NC(=O)c3cc4ccccc4oc3=O)s2)cc1. The topological polar surface area (TPSA) is 94.3 Å². The highest BCUT2D eigenvalue weighted by Gasteiger charge is 2.16. The van der Waals surface area contributed by atoms with Gasteiger partial charge < -0.3 is 9.15 Å². The Bertz CT molecular complexity index is 1180. The molecule has 1 N–H and O–H groups in total. The van der Waals surface area contributed by atoms with Gasteiger partial charge in [0.05, 0.1) is 7.11 Å². The lowest BCUT2D eigenvalue weighted by Gasteiger charge is -2.02. The number of nitrogens with zero attached hydrogens (tertiary/aromatic N) is 2. The Morgan fingerprint density at radius 3 is 2.67 bits per heavy atom. The molecule has 8 heteroatoms. The van der Waals surface area contributed by atoms with Gasteiger partial charge in [-0.05, 0) is 36.4 Å². The van der Waals surface area contributed by atoms with Gasteiger partial charge in [-0.1, -0.05) is 29.5 Å². The number of carbonyl (C=O) groups is 1. The molecule has 2 aromatic carbocycles. The molecule has 2 aromatic heterocycles. The fourth-order valence-electron chi connectivity index (χ4n) is 2.51. The highest BCUT2D eigenvalue weighted by atomic mass is 32.1. The van der Waals surface area contributed by atoms with Crippen molar-refractivity contribution < 1.29 is 13.9 Å². The number of methoxy groups -OCH3 is 1. The number of fused-ring (bicyclic) bond motifs is 1. The summed E-state index contributed by atoms with van der Waals surface area (Å²) >= 11 is 1.20. The lowest BCUT2D eigenvalue weighted by molar-refractivity contribution is 0.102. The van der Waals surface area contributed by atoms with Crippen LogP contribution in [0.15, 0.2) is 63.8 Å². The molecule has 2 heterocycles. The predicted octanol–water partition coefficient (Wildman–Crippen LogP) is 3.57. The number of para-hydroxylation sites is 1. The largest absolute Gasteiger partial charge is 0.497 e. The number of amides is 1. The summed E-state index contributed by atoms with van der Waals surface area (Å²) in [5.41, 5.74) is 0.483. The Kier molecular flexibility index (Phi) is 4.39. The number of hydrogen-bond donors (Lipinski definition) is 1. The van der Waals surface area contributed by atoms with E-state index in [0.717, 1.165) is 11.3 Å². The van der Waals surface area contributed by atoms with Crippen LogP contribution in [0.5, 0.6) is 5.75 Å². The average Bonchev–Trinajstić information content (AvgIpc) is 3.16. The van der Waals surface area contributed by atoms with Crippen LogP contribution in [0, 0.1) is 0 Å². The van der Waals surface area contributed by atoms with Crippen LogP contribution >= 0.6 is 11.3 Å².